The van der Waals surface area contributed by atoms with Crippen LogP contribution in [-0.2, 0) is 9.59 Å². The van der Waals surface area contributed by atoms with E-state index < -0.39 is 0 Å². The molecule has 0 spiro atoms. The van der Waals surface area contributed by atoms with E-state index in [4.69, 9.17) is 16.3 Å². The maximum absolute atomic E-state index is 12.4. The van der Waals surface area contributed by atoms with Crippen molar-refractivity contribution < 1.29 is 14.3 Å². The maximum Gasteiger partial charge on any atom is 0.222 e. The highest BCUT2D eigenvalue weighted by Gasteiger charge is 2.23. The van der Waals surface area contributed by atoms with E-state index in [0.717, 1.165) is 29.7 Å². The van der Waals surface area contributed by atoms with Crippen molar-refractivity contribution in [2.75, 3.05) is 25.6 Å². The Kier molecular flexibility index (Phi) is 8.92. The predicted molar refractivity (Wildman–Crippen MR) is 108 cm³/mol. The lowest BCUT2D eigenvalue weighted by Gasteiger charge is -2.32. The van der Waals surface area contributed by atoms with Crippen molar-refractivity contribution in [1.82, 2.24) is 10.2 Å². The first-order valence-corrected chi connectivity index (χ1v) is 10.4. The second-order valence-electron chi connectivity index (χ2n) is 7.19. The largest absolute Gasteiger partial charge is 0.493 e. The molecule has 1 saturated heterocycles. The first kappa shape index (κ1) is 21.5. The summed E-state index contributed by atoms with van der Waals surface area (Å²) >= 11 is 5.61. The molecule has 1 fully saturated rings. The third kappa shape index (κ3) is 7.06. The summed E-state index contributed by atoms with van der Waals surface area (Å²) in [6, 6.07) is 6.26. The molecule has 5 nitrogen and oxygen atoms in total. The van der Waals surface area contributed by atoms with Gasteiger partial charge in [0.25, 0.3) is 0 Å². The minimum atomic E-state index is 0.0593. The molecular weight excluding hydrogens is 364 g/mol. The first-order chi connectivity index (χ1) is 13.0. The number of carbonyl (C=O) groups is 2. The van der Waals surface area contributed by atoms with Crippen LogP contribution in [0.1, 0.15) is 49.7 Å². The molecule has 27 heavy (non-hydrogen) atoms. The number of likely N-dealkylation sites (tertiary alicyclic amines) is 1. The SMILES string of the molecule is Cc1cccc(C)c1OCCCC(=O)N1CCC(NC(=O)CCCCl)CC1. The maximum atomic E-state index is 12.4. The Hall–Kier alpha value is -1.75. The molecule has 6 heteroatoms. The fourth-order valence-electron chi connectivity index (χ4n) is 3.38. The number of hydrogen-bond acceptors (Lipinski definition) is 3. The lowest BCUT2D eigenvalue weighted by Crippen LogP contribution is -2.46. The Balaban J connectivity index is 1.64. The van der Waals surface area contributed by atoms with Gasteiger partial charge in [0, 0.05) is 37.9 Å². The van der Waals surface area contributed by atoms with Crippen LogP contribution in [0.2, 0.25) is 0 Å². The average Bonchev–Trinajstić information content (AvgIpc) is 2.65. The number of nitrogens with one attached hydrogen (secondary N) is 1. The van der Waals surface area contributed by atoms with Crippen LogP contribution in [-0.4, -0.2) is 48.3 Å². The van der Waals surface area contributed by atoms with Crippen molar-refractivity contribution in [3.8, 4) is 5.75 Å². The van der Waals surface area contributed by atoms with Crippen LogP contribution >= 0.6 is 11.6 Å². The van der Waals surface area contributed by atoms with Crippen LogP contribution in [0.5, 0.6) is 5.75 Å². The third-order valence-electron chi connectivity index (χ3n) is 4.94. The normalized spacial score (nSPS) is 14.9. The van der Waals surface area contributed by atoms with Crippen LogP contribution in [0.25, 0.3) is 0 Å². The summed E-state index contributed by atoms with van der Waals surface area (Å²) in [5.41, 5.74) is 2.24. The average molecular weight is 395 g/mol. The molecule has 1 aromatic carbocycles. The summed E-state index contributed by atoms with van der Waals surface area (Å²) in [5, 5.41) is 3.04. The lowest BCUT2D eigenvalue weighted by atomic mass is 10.0. The van der Waals surface area contributed by atoms with Gasteiger partial charge in [-0.25, -0.2) is 0 Å². The summed E-state index contributed by atoms with van der Waals surface area (Å²) in [7, 11) is 0. The van der Waals surface area contributed by atoms with E-state index >= 15 is 0 Å². The van der Waals surface area contributed by atoms with Gasteiger partial charge in [0.2, 0.25) is 11.8 Å². The van der Waals surface area contributed by atoms with Gasteiger partial charge in [-0.1, -0.05) is 18.2 Å². The number of piperidine rings is 1. The Bertz CT molecular complexity index is 608. The quantitative estimate of drug-likeness (QED) is 0.514. The molecular formula is C21H31ClN2O3. The van der Waals surface area contributed by atoms with Gasteiger partial charge in [-0.05, 0) is 50.7 Å². The van der Waals surface area contributed by atoms with E-state index in [1.54, 1.807) is 0 Å². The molecule has 0 bridgehead atoms. The number of hydrogen-bond donors (Lipinski definition) is 1. The van der Waals surface area contributed by atoms with Crippen LogP contribution in [0.4, 0.5) is 0 Å². The predicted octanol–water partition coefficient (Wildman–Crippen LogP) is 3.59. The minimum Gasteiger partial charge on any atom is -0.493 e. The smallest absolute Gasteiger partial charge is 0.222 e. The van der Waals surface area contributed by atoms with Gasteiger partial charge < -0.3 is 15.0 Å². The summed E-state index contributed by atoms with van der Waals surface area (Å²) in [6.07, 6.45) is 4.02. The number of rotatable bonds is 9. The molecule has 1 heterocycles. The molecule has 0 aromatic heterocycles. The molecule has 0 aliphatic carbocycles. The molecule has 1 aliphatic heterocycles. The number of benzene rings is 1. The summed E-state index contributed by atoms with van der Waals surface area (Å²) < 4.78 is 5.87. The van der Waals surface area contributed by atoms with E-state index in [1.807, 2.05) is 36.9 Å². The van der Waals surface area contributed by atoms with Crippen LogP contribution in [0.3, 0.4) is 0 Å². The van der Waals surface area contributed by atoms with Crippen molar-refractivity contribution in [3.63, 3.8) is 0 Å². The van der Waals surface area contributed by atoms with Crippen LogP contribution < -0.4 is 10.1 Å². The summed E-state index contributed by atoms with van der Waals surface area (Å²) in [6.45, 7) is 6.02. The monoisotopic (exact) mass is 394 g/mol. The Labute approximate surface area is 167 Å². The van der Waals surface area contributed by atoms with Crippen molar-refractivity contribution in [1.29, 1.82) is 0 Å². The Morgan fingerprint density at radius 1 is 1.15 bits per heavy atom. The Morgan fingerprint density at radius 2 is 1.81 bits per heavy atom. The molecule has 0 unspecified atom stereocenters. The van der Waals surface area contributed by atoms with E-state index in [2.05, 4.69) is 5.32 Å². The zero-order valence-corrected chi connectivity index (χ0v) is 17.2. The number of halogens is 1. The van der Waals surface area contributed by atoms with Crippen molar-refractivity contribution in [2.45, 2.75) is 58.4 Å². The number of carbonyl (C=O) groups excluding carboxylic acids is 2. The minimum absolute atomic E-state index is 0.0593. The molecule has 1 N–H and O–H groups in total. The highest BCUT2D eigenvalue weighted by molar-refractivity contribution is 6.17. The first-order valence-electron chi connectivity index (χ1n) is 9.83. The molecule has 0 saturated carbocycles. The number of nitrogens with zero attached hydrogens (tertiary/aromatic N) is 1. The van der Waals surface area contributed by atoms with Crippen molar-refractivity contribution in [3.05, 3.63) is 29.3 Å². The van der Waals surface area contributed by atoms with Gasteiger partial charge in [0.15, 0.2) is 0 Å². The second kappa shape index (κ2) is 11.2. The topological polar surface area (TPSA) is 58.6 Å². The van der Waals surface area contributed by atoms with Gasteiger partial charge >= 0.3 is 0 Å². The van der Waals surface area contributed by atoms with Gasteiger partial charge in [-0.15, -0.1) is 11.6 Å². The zero-order chi connectivity index (χ0) is 19.6. The third-order valence-corrected chi connectivity index (χ3v) is 5.21. The second-order valence-corrected chi connectivity index (χ2v) is 7.57. The molecule has 0 radical (unpaired) electrons. The van der Waals surface area contributed by atoms with Crippen LogP contribution in [0.15, 0.2) is 18.2 Å². The fraction of sp³-hybridized carbons (Fsp3) is 0.619. The highest BCUT2D eigenvalue weighted by atomic mass is 35.5. The number of amides is 2. The number of para-hydroxylation sites is 1. The molecule has 2 rings (SSSR count). The van der Waals surface area contributed by atoms with Gasteiger partial charge in [-0.2, -0.15) is 0 Å². The van der Waals surface area contributed by atoms with E-state index in [9.17, 15) is 9.59 Å². The molecule has 2 amide bonds. The molecule has 1 aliphatic rings. The number of aryl methyl sites for hydroxylation is 2. The molecule has 150 valence electrons. The van der Waals surface area contributed by atoms with E-state index in [-0.39, 0.29) is 17.9 Å². The van der Waals surface area contributed by atoms with E-state index in [1.165, 1.54) is 0 Å². The standard InChI is InChI=1S/C21H31ClN2O3/c1-16-6-3-7-17(2)21(16)27-15-5-9-20(26)24-13-10-18(11-14-24)23-19(25)8-4-12-22/h3,6-7,18H,4-5,8-15H2,1-2H3,(H,23,25). The number of alkyl halides is 1. The highest BCUT2D eigenvalue weighted by Crippen LogP contribution is 2.22. The fourth-order valence-corrected chi connectivity index (χ4v) is 3.52. The lowest BCUT2D eigenvalue weighted by molar-refractivity contribution is -0.132. The van der Waals surface area contributed by atoms with Crippen LogP contribution in [0, 0.1) is 13.8 Å². The van der Waals surface area contributed by atoms with Crippen molar-refractivity contribution in [2.24, 2.45) is 0 Å². The molecule has 1 aromatic rings. The van der Waals surface area contributed by atoms with Gasteiger partial charge in [0.05, 0.1) is 6.61 Å². The van der Waals surface area contributed by atoms with E-state index in [0.29, 0.717) is 51.3 Å². The Morgan fingerprint density at radius 3 is 2.44 bits per heavy atom. The zero-order valence-electron chi connectivity index (χ0n) is 16.4. The molecule has 0 atom stereocenters. The summed E-state index contributed by atoms with van der Waals surface area (Å²) in [5.74, 6) is 1.67. The van der Waals surface area contributed by atoms with Gasteiger partial charge in [0.1, 0.15) is 5.75 Å². The number of ether oxygens (including phenoxy) is 1. The summed E-state index contributed by atoms with van der Waals surface area (Å²) in [4.78, 5) is 26.0. The van der Waals surface area contributed by atoms with Crippen molar-refractivity contribution >= 4 is 23.4 Å². The van der Waals surface area contributed by atoms with Gasteiger partial charge in [-0.3, -0.25) is 9.59 Å².